The van der Waals surface area contributed by atoms with Gasteiger partial charge in [0.15, 0.2) is 6.23 Å². The van der Waals surface area contributed by atoms with Gasteiger partial charge < -0.3 is 19.3 Å². The summed E-state index contributed by atoms with van der Waals surface area (Å²) in [6, 6.07) is 1.19. The van der Waals surface area contributed by atoms with Crippen molar-refractivity contribution in [3.05, 3.63) is 33.1 Å². The first-order valence-electron chi connectivity index (χ1n) is 9.82. The highest BCUT2D eigenvalue weighted by Gasteiger charge is 2.45. The molecule has 1 aromatic rings. The van der Waals surface area contributed by atoms with Gasteiger partial charge in [-0.1, -0.05) is 32.6 Å². The smallest absolute Gasteiger partial charge is 0.330 e. The fourth-order valence-corrected chi connectivity index (χ4v) is 2.91. The number of aromatic nitrogens is 2. The molecule has 8 nitrogen and oxygen atoms in total. The van der Waals surface area contributed by atoms with E-state index in [0.29, 0.717) is 6.61 Å². The molecule has 0 amide bonds. The van der Waals surface area contributed by atoms with Gasteiger partial charge in [-0.2, -0.15) is 0 Å². The molecule has 25 heavy (non-hydrogen) atoms. The zero-order chi connectivity index (χ0) is 19.8. The van der Waals surface area contributed by atoms with Crippen LogP contribution in [0.5, 0.6) is 0 Å². The minimum absolute atomic E-state index is 0.177. The molecule has 1 saturated heterocycles. The minimum atomic E-state index is -1.51. The number of hydrogen-bond donors (Lipinski definition) is 2. The third-order valence-corrected chi connectivity index (χ3v) is 4.26. The number of methoxy groups -OCH3 is 1. The maximum absolute atomic E-state index is 12.1. The number of nitrogens with one attached hydrogen (secondary N) is 1. The Bertz CT molecular complexity index is 680. The van der Waals surface area contributed by atoms with Gasteiger partial charge in [0.2, 0.25) is 0 Å². The van der Waals surface area contributed by atoms with Crippen molar-refractivity contribution in [1.29, 1.82) is 0 Å². The van der Waals surface area contributed by atoms with Gasteiger partial charge in [0, 0.05) is 25.9 Å². The van der Waals surface area contributed by atoms with E-state index in [1.54, 1.807) is 0 Å². The molecule has 2 N–H and O–H groups in total. The van der Waals surface area contributed by atoms with Crippen LogP contribution in [0.15, 0.2) is 21.9 Å². The summed E-state index contributed by atoms with van der Waals surface area (Å²) in [4.78, 5) is 25.5. The third kappa shape index (κ3) is 5.24. The van der Waals surface area contributed by atoms with E-state index in [0.717, 1.165) is 36.7 Å². The molecule has 1 aliphatic rings. The molecule has 142 valence electrons. The summed E-state index contributed by atoms with van der Waals surface area (Å²) in [7, 11) is -1.51. The van der Waals surface area contributed by atoms with Crippen LogP contribution in [0.4, 0.5) is 0 Å². The quantitative estimate of drug-likeness (QED) is 0.599. The summed E-state index contributed by atoms with van der Waals surface area (Å²) in [5, 5.41) is 10.5. The largest absolute Gasteiger partial charge is 0.387 e. The number of nitrogens with zero attached hydrogens (tertiary/aromatic N) is 1. The van der Waals surface area contributed by atoms with Crippen LogP contribution in [-0.4, -0.2) is 53.2 Å². The van der Waals surface area contributed by atoms with Crippen LogP contribution >= 0.6 is 0 Å². The molecule has 2 unspecified atom stereocenters. The summed E-state index contributed by atoms with van der Waals surface area (Å²) in [5.41, 5.74) is -1.20. The summed E-state index contributed by atoms with van der Waals surface area (Å²) in [5.74, 6) is 0. The summed E-state index contributed by atoms with van der Waals surface area (Å²) in [6.45, 7) is 2.36. The van der Waals surface area contributed by atoms with Crippen LogP contribution in [0.3, 0.4) is 0 Å². The predicted octanol–water partition coefficient (Wildman–Crippen LogP) is 0.797. The highest BCUT2D eigenvalue weighted by Crippen LogP contribution is 2.31. The van der Waals surface area contributed by atoms with E-state index in [1.807, 2.05) is 0 Å². The second-order valence-corrected chi connectivity index (χ2v) is 6.16. The first kappa shape index (κ1) is 17.0. The molecule has 0 aliphatic carbocycles. The Morgan fingerprint density at radius 2 is 2.24 bits per heavy atom. The molecule has 1 aliphatic heterocycles. The third-order valence-electron chi connectivity index (χ3n) is 4.26. The maximum atomic E-state index is 12.1. The van der Waals surface area contributed by atoms with Crippen LogP contribution in [0.1, 0.15) is 48.0 Å². The first-order valence-corrected chi connectivity index (χ1v) is 8.66. The number of H-pyrrole nitrogens is 1. The molecule has 1 fully saturated rings. The molecule has 0 saturated carbocycles. The van der Waals surface area contributed by atoms with Crippen molar-refractivity contribution in [3.8, 4) is 0 Å². The number of unbranched alkanes of at least 4 members (excludes halogenated alkanes) is 4. The van der Waals surface area contributed by atoms with Gasteiger partial charge in [0.05, 0.1) is 9.35 Å². The Hall–Kier alpha value is -1.48. The number of ether oxygens (including phenoxy) is 3. The van der Waals surface area contributed by atoms with Crippen LogP contribution < -0.4 is 11.2 Å². The average Bonchev–Trinajstić information content (AvgIpc) is 2.92. The van der Waals surface area contributed by atoms with Gasteiger partial charge in [0.25, 0.3) is 5.56 Å². The number of aliphatic hydroxyl groups is 1. The van der Waals surface area contributed by atoms with Crippen molar-refractivity contribution < 1.29 is 22.1 Å². The molecule has 8 heteroatoms. The van der Waals surface area contributed by atoms with E-state index in [-0.39, 0.29) is 6.61 Å². The topological polar surface area (TPSA) is 103 Å². The standard InChI is InChI=1S/C17H28N2O6/c1-3-4-5-6-7-10-24-15-14(21)12(11-23-2)25-16(15)19-9-8-13(20)18-17(19)22/h8-9,12,14-16,21H,3-7,10-11H2,1-2H3,(H,18,20,22)/t12-,14+,15?,16-/m1/s1/i2TD/t2?,12-,14+,15?,16-. The lowest BCUT2D eigenvalue weighted by Crippen LogP contribution is -2.39. The van der Waals surface area contributed by atoms with Crippen molar-refractivity contribution in [2.24, 2.45) is 0 Å². The van der Waals surface area contributed by atoms with Crippen LogP contribution in [0.2, 0.25) is 0 Å². The van der Waals surface area contributed by atoms with E-state index >= 15 is 0 Å². The lowest BCUT2D eigenvalue weighted by Gasteiger charge is -2.22. The summed E-state index contributed by atoms with van der Waals surface area (Å²) >= 11 is 0. The van der Waals surface area contributed by atoms with Crippen molar-refractivity contribution in [1.82, 2.24) is 9.55 Å². The molecule has 2 heterocycles. The average molecular weight is 359 g/mol. The molecule has 1 aromatic heterocycles. The van der Waals surface area contributed by atoms with Crippen LogP contribution in [-0.2, 0) is 14.2 Å². The Labute approximate surface area is 149 Å². The molecular weight excluding hydrogens is 328 g/mol. The number of rotatable bonds is 10. The minimum Gasteiger partial charge on any atom is -0.387 e. The number of hydrogen-bond acceptors (Lipinski definition) is 6. The SMILES string of the molecule is [2H]C([3H])OC[C@H]1O[C@@H](n2ccc(=O)[nH]c2=O)C(OCCCCCCC)[C@H]1O. The number of aliphatic hydroxyl groups excluding tert-OH is 1. The summed E-state index contributed by atoms with van der Waals surface area (Å²) < 4.78 is 31.8. The van der Waals surface area contributed by atoms with Crippen molar-refractivity contribution in [2.45, 2.75) is 63.6 Å². The van der Waals surface area contributed by atoms with E-state index < -0.39 is 42.9 Å². The highest BCUT2D eigenvalue weighted by atomic mass is 16.6. The molecule has 5 atom stereocenters. The van der Waals surface area contributed by atoms with E-state index in [4.69, 9.17) is 17.0 Å². The van der Waals surface area contributed by atoms with Gasteiger partial charge in [-0.25, -0.2) is 4.79 Å². The van der Waals surface area contributed by atoms with Crippen molar-refractivity contribution in [3.63, 3.8) is 0 Å². The molecule has 0 bridgehead atoms. The molecule has 0 aromatic carbocycles. The molecular formula is C17H28N2O6. The Balaban J connectivity index is 2.07. The maximum Gasteiger partial charge on any atom is 0.330 e. The van der Waals surface area contributed by atoms with Gasteiger partial charge in [-0.05, 0) is 6.42 Å². The number of aromatic amines is 1. The van der Waals surface area contributed by atoms with Crippen molar-refractivity contribution >= 4 is 0 Å². The van der Waals surface area contributed by atoms with E-state index in [9.17, 15) is 14.7 Å². The zero-order valence-corrected chi connectivity index (χ0v) is 14.4. The van der Waals surface area contributed by atoms with Gasteiger partial charge in [-0.15, -0.1) is 0 Å². The second-order valence-electron chi connectivity index (χ2n) is 6.16. The zero-order valence-electron chi connectivity index (χ0n) is 16.4. The molecule has 0 spiro atoms. The molecule has 2 rings (SSSR count). The van der Waals surface area contributed by atoms with Crippen LogP contribution in [0, 0.1) is 0 Å². The van der Waals surface area contributed by atoms with Crippen molar-refractivity contribution in [2.75, 3.05) is 20.3 Å². The van der Waals surface area contributed by atoms with E-state index in [2.05, 4.69) is 11.9 Å². The first-order chi connectivity index (χ1) is 12.9. The monoisotopic (exact) mass is 359 g/mol. The second kappa shape index (κ2) is 9.86. The van der Waals surface area contributed by atoms with Gasteiger partial charge in [0.1, 0.15) is 18.3 Å². The lowest BCUT2D eigenvalue weighted by atomic mass is 10.1. The highest BCUT2D eigenvalue weighted by molar-refractivity contribution is 4.94. The fraction of sp³-hybridized carbons (Fsp3) is 0.765. The molecule has 0 radical (unpaired) electrons. The van der Waals surface area contributed by atoms with Gasteiger partial charge in [-0.3, -0.25) is 14.3 Å². The Kier molecular flexibility index (Phi) is 6.69. The normalized spacial score (nSPS) is 28.6. The summed E-state index contributed by atoms with van der Waals surface area (Å²) in [6.07, 6.45) is 2.81. The predicted molar refractivity (Wildman–Crippen MR) is 91.6 cm³/mol. The van der Waals surface area contributed by atoms with Gasteiger partial charge >= 0.3 is 5.69 Å². The Morgan fingerprint density at radius 1 is 1.44 bits per heavy atom. The van der Waals surface area contributed by atoms with Crippen LogP contribution in [0.25, 0.3) is 0 Å². The Morgan fingerprint density at radius 3 is 2.96 bits per heavy atom. The van der Waals surface area contributed by atoms with E-state index in [1.165, 1.54) is 12.3 Å². The lowest BCUT2D eigenvalue weighted by molar-refractivity contribution is -0.0770. The fourth-order valence-electron chi connectivity index (χ4n) is 2.91.